The van der Waals surface area contributed by atoms with Gasteiger partial charge < -0.3 is 0 Å². The molecule has 0 aromatic heterocycles. The van der Waals surface area contributed by atoms with Crippen LogP contribution in [-0.4, -0.2) is 35.2 Å². The quantitative estimate of drug-likeness (QED) is 0.335. The van der Waals surface area contributed by atoms with Gasteiger partial charge in [-0.1, -0.05) is 0 Å². The summed E-state index contributed by atoms with van der Waals surface area (Å²) in [6, 6.07) is 0. The molecule has 0 heterocycles. The van der Waals surface area contributed by atoms with Crippen molar-refractivity contribution in [1.29, 1.82) is 0 Å². The van der Waals surface area contributed by atoms with E-state index in [-0.39, 0.29) is 0 Å². The van der Waals surface area contributed by atoms with E-state index >= 15 is 0 Å². The van der Waals surface area contributed by atoms with Gasteiger partial charge in [-0.25, -0.2) is 0 Å². The third-order valence-corrected chi connectivity index (χ3v) is 0. The zero-order valence-corrected chi connectivity index (χ0v) is 4.94. The van der Waals surface area contributed by atoms with E-state index in [0.29, 0.717) is 0 Å². The molecule has 0 spiro atoms. The predicted molar refractivity (Wildman–Crippen MR) is 25.8 cm³/mol. The van der Waals surface area contributed by atoms with E-state index in [1.165, 1.54) is 0 Å². The van der Waals surface area contributed by atoms with E-state index in [4.69, 9.17) is 17.5 Å². The van der Waals surface area contributed by atoms with Crippen LogP contribution < -0.4 is 0 Å². The maximum absolute atomic E-state index is 8.74. The Hall–Kier alpha value is 0.467. The summed E-state index contributed by atoms with van der Waals surface area (Å²) in [6.45, 7) is 0. The molecule has 0 unspecified atom stereocenters. The Morgan fingerprint density at radius 3 is 1.29 bits per heavy atom. The second-order valence-corrected chi connectivity index (χ2v) is 1.34. The summed E-state index contributed by atoms with van der Waals surface area (Å²) in [5.41, 5.74) is 2.00. The Morgan fingerprint density at radius 1 is 1.29 bits per heavy atom. The summed E-state index contributed by atoms with van der Waals surface area (Å²) in [4.78, 5) is 0. The number of hydrogen-bond acceptors (Lipinski definition) is 2. The van der Waals surface area contributed by atoms with Crippen molar-refractivity contribution in [3.05, 3.63) is 0 Å². The van der Waals surface area contributed by atoms with Crippen LogP contribution in [0, 0.1) is 0 Å². The molecule has 2 N–H and O–H groups in total. The zero-order chi connectivity index (χ0) is 6.50. The van der Waals surface area contributed by atoms with Gasteiger partial charge in [-0.3, -0.25) is 9.11 Å². The Bertz CT molecular complexity index is 94.9. The van der Waals surface area contributed by atoms with Crippen molar-refractivity contribution in [3.63, 3.8) is 0 Å². The number of hydrogen-bond donors (Lipinski definition) is 2. The van der Waals surface area contributed by atoms with Crippen LogP contribution in [0.15, 0.2) is 0 Å². The molecule has 6 heteroatoms. The summed E-state index contributed by atoms with van der Waals surface area (Å²) < 4.78 is 31.6. The second kappa shape index (κ2) is 4.62. The van der Waals surface area contributed by atoms with Crippen molar-refractivity contribution < 1.29 is 17.5 Å². The molecule has 0 radical (unpaired) electrons. The molecule has 0 aromatic rings. The van der Waals surface area contributed by atoms with Gasteiger partial charge >= 0.3 is 33.7 Å². The molecule has 0 atom stereocenters. The maximum atomic E-state index is 8.74. The topological polar surface area (TPSA) is 74.6 Å². The minimum absolute atomic E-state index is 2.00. The standard InChI is InChI=1S/CH3.Li.H2O4S/c;;1-5(2,3)4/h1H3;;(H2,1,2,3,4). The van der Waals surface area contributed by atoms with Crippen LogP contribution in [0.25, 0.3) is 0 Å². The van der Waals surface area contributed by atoms with Gasteiger partial charge in [-0.05, 0) is 0 Å². The molecule has 40 valence electrons. The summed E-state index contributed by atoms with van der Waals surface area (Å²) >= 11 is 2.00. The molecule has 7 heavy (non-hydrogen) atoms. The summed E-state index contributed by atoms with van der Waals surface area (Å²) in [5, 5.41) is 0. The molecule has 0 amide bonds. The summed E-state index contributed by atoms with van der Waals surface area (Å²) in [6.07, 6.45) is 0. The predicted octanol–water partition coefficient (Wildman–Crippen LogP) is -0.450. The van der Waals surface area contributed by atoms with Crippen LogP contribution in [-0.2, 0) is 10.4 Å². The van der Waals surface area contributed by atoms with Gasteiger partial charge in [0.15, 0.2) is 0 Å². The second-order valence-electron chi connectivity index (χ2n) is 0.448. The van der Waals surface area contributed by atoms with Crippen molar-refractivity contribution >= 4 is 28.1 Å². The van der Waals surface area contributed by atoms with E-state index in [9.17, 15) is 0 Å². The normalized spacial score (nSPS) is 9.29. The third-order valence-electron chi connectivity index (χ3n) is 0. The van der Waals surface area contributed by atoms with Crippen molar-refractivity contribution in [2.24, 2.45) is 0 Å². The van der Waals surface area contributed by atoms with Crippen LogP contribution in [0.2, 0.25) is 5.60 Å². The first kappa shape index (κ1) is 10.4. The fourth-order valence-corrected chi connectivity index (χ4v) is 0. The molecule has 4 nitrogen and oxygen atoms in total. The Morgan fingerprint density at radius 2 is 1.29 bits per heavy atom. The first-order chi connectivity index (χ1) is 3.00. The van der Waals surface area contributed by atoms with Crippen LogP contribution in [0.3, 0.4) is 0 Å². The third kappa shape index (κ3) is 591. The van der Waals surface area contributed by atoms with Crippen molar-refractivity contribution in [1.82, 2.24) is 0 Å². The van der Waals surface area contributed by atoms with Crippen LogP contribution >= 0.6 is 0 Å². The summed E-state index contributed by atoms with van der Waals surface area (Å²) in [5.74, 6) is 0. The Kier molecular flexibility index (Phi) is 6.90. The van der Waals surface area contributed by atoms with E-state index < -0.39 is 10.4 Å². The monoisotopic (exact) mass is 120 g/mol. The molecule has 0 aromatic carbocycles. The fraction of sp³-hybridized carbons (Fsp3) is 1.00. The van der Waals surface area contributed by atoms with Crippen molar-refractivity contribution in [3.8, 4) is 0 Å². The van der Waals surface area contributed by atoms with Crippen LogP contribution in [0.4, 0.5) is 0 Å². The molecule has 0 rings (SSSR count). The SMILES string of the molecule is O=S(=O)(O)O.[Li][CH3]. The van der Waals surface area contributed by atoms with E-state index in [0.717, 1.165) is 0 Å². The Balaban J connectivity index is 0. The zero-order valence-electron chi connectivity index (χ0n) is 4.12. The fourth-order valence-electron chi connectivity index (χ4n) is 0. The van der Waals surface area contributed by atoms with Gasteiger partial charge in [-0.2, -0.15) is 8.42 Å². The van der Waals surface area contributed by atoms with Gasteiger partial charge in [0.2, 0.25) is 0 Å². The molecule has 0 fully saturated rings. The van der Waals surface area contributed by atoms with Crippen molar-refractivity contribution in [2.75, 3.05) is 0 Å². The summed E-state index contributed by atoms with van der Waals surface area (Å²) in [7, 11) is -4.67. The number of rotatable bonds is 0. The van der Waals surface area contributed by atoms with Crippen LogP contribution in [0.1, 0.15) is 0 Å². The first-order valence-electron chi connectivity index (χ1n) is 1.70. The average Bonchev–Trinajstić information content (AvgIpc) is 1.36. The average molecular weight is 120 g/mol. The molecular formula is CH5LiO4S. The first-order valence-corrected chi connectivity index (χ1v) is 3.10. The molecule has 0 aliphatic rings. The van der Waals surface area contributed by atoms with Crippen molar-refractivity contribution in [2.45, 2.75) is 5.60 Å². The molecule has 0 bridgehead atoms. The van der Waals surface area contributed by atoms with E-state index in [2.05, 4.69) is 0 Å². The van der Waals surface area contributed by atoms with Crippen LogP contribution in [0.5, 0.6) is 0 Å². The minimum atomic E-state index is -4.67. The molecule has 0 aliphatic carbocycles. The molecular weight excluding hydrogens is 115 g/mol. The molecule has 0 saturated carbocycles. The van der Waals surface area contributed by atoms with Gasteiger partial charge in [0.05, 0.1) is 0 Å². The molecule has 0 aliphatic heterocycles. The van der Waals surface area contributed by atoms with Gasteiger partial charge in [0.1, 0.15) is 0 Å². The van der Waals surface area contributed by atoms with Gasteiger partial charge in [-0.15, -0.1) is 0 Å². The van der Waals surface area contributed by atoms with E-state index in [1.54, 1.807) is 0 Å². The van der Waals surface area contributed by atoms with E-state index in [1.807, 2.05) is 23.3 Å². The molecule has 0 saturated heterocycles. The Labute approximate surface area is 51.7 Å². The van der Waals surface area contributed by atoms with Gasteiger partial charge in [0, 0.05) is 0 Å². The van der Waals surface area contributed by atoms with Gasteiger partial charge in [0.25, 0.3) is 0 Å².